The molecule has 1 aromatic carbocycles. The molecule has 1 aliphatic rings. The maximum Gasteiger partial charge on any atom is 0.101 e. The molecule has 0 aliphatic heterocycles. The van der Waals surface area contributed by atoms with Crippen LogP contribution in [0.5, 0.6) is 0 Å². The van der Waals surface area contributed by atoms with E-state index in [1.165, 1.54) is 12.8 Å². The van der Waals surface area contributed by atoms with Crippen LogP contribution >= 0.6 is 0 Å². The van der Waals surface area contributed by atoms with Crippen LogP contribution in [0.1, 0.15) is 32.3 Å². The lowest BCUT2D eigenvalue weighted by Gasteiger charge is -2.28. The second-order valence-electron chi connectivity index (χ2n) is 4.78. The molecule has 0 atom stereocenters. The molecule has 1 N–H and O–H groups in total. The zero-order chi connectivity index (χ0) is 10.9. The molecule has 2 heteroatoms. The topological polar surface area (TPSA) is 35.8 Å². The monoisotopic (exact) mass is 200 g/mol. The molecular weight excluding hydrogens is 184 g/mol. The fraction of sp³-hybridized carbons (Fsp3) is 0.462. The third-order valence-electron chi connectivity index (χ3n) is 3.10. The van der Waals surface area contributed by atoms with Gasteiger partial charge in [0, 0.05) is 5.54 Å². The van der Waals surface area contributed by atoms with Crippen molar-refractivity contribution in [3.8, 4) is 6.07 Å². The van der Waals surface area contributed by atoms with Crippen LogP contribution in [0, 0.1) is 17.2 Å². The molecule has 15 heavy (non-hydrogen) atoms. The minimum Gasteiger partial charge on any atom is -0.379 e. The highest BCUT2D eigenvalue weighted by Crippen LogP contribution is 2.41. The summed E-state index contributed by atoms with van der Waals surface area (Å²) in [5, 5.41) is 12.5. The SMILES string of the molecule is CC(C)(Nc1ccccc1C#N)C1CC1. The van der Waals surface area contributed by atoms with Crippen LogP contribution in [0.2, 0.25) is 0 Å². The van der Waals surface area contributed by atoms with Crippen molar-refractivity contribution in [2.75, 3.05) is 5.32 Å². The van der Waals surface area contributed by atoms with E-state index in [2.05, 4.69) is 25.2 Å². The third-order valence-corrected chi connectivity index (χ3v) is 3.10. The normalized spacial score (nSPS) is 15.8. The second-order valence-corrected chi connectivity index (χ2v) is 4.78. The smallest absolute Gasteiger partial charge is 0.101 e. The first-order valence-electron chi connectivity index (χ1n) is 5.41. The van der Waals surface area contributed by atoms with Gasteiger partial charge in [-0.05, 0) is 44.7 Å². The number of anilines is 1. The quantitative estimate of drug-likeness (QED) is 0.813. The Morgan fingerprint density at radius 2 is 2.00 bits per heavy atom. The number of rotatable bonds is 3. The molecule has 0 aromatic heterocycles. The Labute approximate surface area is 90.9 Å². The zero-order valence-electron chi connectivity index (χ0n) is 9.25. The molecule has 0 heterocycles. The summed E-state index contributed by atoms with van der Waals surface area (Å²) in [5.74, 6) is 0.754. The Hall–Kier alpha value is -1.49. The van der Waals surface area contributed by atoms with E-state index in [9.17, 15) is 0 Å². The van der Waals surface area contributed by atoms with Crippen molar-refractivity contribution < 1.29 is 0 Å². The van der Waals surface area contributed by atoms with Gasteiger partial charge in [-0.2, -0.15) is 5.26 Å². The van der Waals surface area contributed by atoms with Crippen molar-refractivity contribution in [1.29, 1.82) is 5.26 Å². The summed E-state index contributed by atoms with van der Waals surface area (Å²) >= 11 is 0. The Morgan fingerprint density at radius 3 is 2.60 bits per heavy atom. The molecule has 1 aliphatic carbocycles. The van der Waals surface area contributed by atoms with E-state index >= 15 is 0 Å². The molecule has 0 saturated heterocycles. The minimum atomic E-state index is 0.104. The van der Waals surface area contributed by atoms with Gasteiger partial charge < -0.3 is 5.32 Å². The molecule has 2 nitrogen and oxygen atoms in total. The van der Waals surface area contributed by atoms with E-state index in [-0.39, 0.29) is 5.54 Å². The molecule has 1 aromatic rings. The minimum absolute atomic E-state index is 0.104. The maximum atomic E-state index is 8.98. The Balaban J connectivity index is 2.20. The van der Waals surface area contributed by atoms with E-state index in [1.807, 2.05) is 24.3 Å². The first kappa shape index (κ1) is 10.0. The summed E-state index contributed by atoms with van der Waals surface area (Å²) in [6.45, 7) is 4.41. The van der Waals surface area contributed by atoms with Crippen molar-refractivity contribution in [2.24, 2.45) is 5.92 Å². The number of nitrogens with one attached hydrogen (secondary N) is 1. The molecular formula is C13H16N2. The number of nitriles is 1. The average molecular weight is 200 g/mol. The lowest BCUT2D eigenvalue weighted by Crippen LogP contribution is -2.33. The van der Waals surface area contributed by atoms with Gasteiger partial charge in [0.1, 0.15) is 6.07 Å². The standard InChI is InChI=1S/C13H16N2/c1-13(2,11-7-8-11)15-12-6-4-3-5-10(12)9-14/h3-6,11,15H,7-8H2,1-2H3. The fourth-order valence-corrected chi connectivity index (χ4v) is 1.94. The molecule has 0 unspecified atom stereocenters. The van der Waals surface area contributed by atoms with Crippen LogP contribution in [-0.2, 0) is 0 Å². The molecule has 1 saturated carbocycles. The van der Waals surface area contributed by atoms with Gasteiger partial charge in [0.25, 0.3) is 0 Å². The van der Waals surface area contributed by atoms with Crippen LogP contribution in [0.4, 0.5) is 5.69 Å². The lowest BCUT2D eigenvalue weighted by atomic mass is 9.97. The Morgan fingerprint density at radius 1 is 1.33 bits per heavy atom. The molecule has 0 amide bonds. The third kappa shape index (κ3) is 2.12. The van der Waals surface area contributed by atoms with Crippen molar-refractivity contribution in [3.63, 3.8) is 0 Å². The molecule has 1 fully saturated rings. The number of benzene rings is 1. The number of hydrogen-bond donors (Lipinski definition) is 1. The summed E-state index contributed by atoms with van der Waals surface area (Å²) in [5.41, 5.74) is 1.79. The average Bonchev–Trinajstić information content (AvgIpc) is 3.01. The van der Waals surface area contributed by atoms with Gasteiger partial charge in [0.15, 0.2) is 0 Å². The lowest BCUT2D eigenvalue weighted by molar-refractivity contribution is 0.494. The second kappa shape index (κ2) is 3.58. The zero-order valence-corrected chi connectivity index (χ0v) is 9.25. The molecule has 0 bridgehead atoms. The Bertz CT molecular complexity index is 397. The largest absolute Gasteiger partial charge is 0.379 e. The van der Waals surface area contributed by atoms with Crippen molar-refractivity contribution >= 4 is 5.69 Å². The van der Waals surface area contributed by atoms with Gasteiger partial charge in [0.2, 0.25) is 0 Å². The van der Waals surface area contributed by atoms with Gasteiger partial charge in [-0.25, -0.2) is 0 Å². The van der Waals surface area contributed by atoms with Gasteiger partial charge in [-0.1, -0.05) is 12.1 Å². The fourth-order valence-electron chi connectivity index (χ4n) is 1.94. The van der Waals surface area contributed by atoms with Gasteiger partial charge in [-0.3, -0.25) is 0 Å². The first-order valence-corrected chi connectivity index (χ1v) is 5.41. The van der Waals surface area contributed by atoms with Crippen LogP contribution in [-0.4, -0.2) is 5.54 Å². The number of nitrogens with zero attached hydrogens (tertiary/aromatic N) is 1. The van der Waals surface area contributed by atoms with E-state index in [1.54, 1.807) is 0 Å². The summed E-state index contributed by atoms with van der Waals surface area (Å²) in [6.07, 6.45) is 2.60. The van der Waals surface area contributed by atoms with E-state index < -0.39 is 0 Å². The molecule has 0 spiro atoms. The predicted octanol–water partition coefficient (Wildman–Crippen LogP) is 3.16. The van der Waals surface area contributed by atoms with E-state index in [4.69, 9.17) is 5.26 Å². The predicted molar refractivity (Wildman–Crippen MR) is 61.6 cm³/mol. The highest BCUT2D eigenvalue weighted by Gasteiger charge is 2.37. The summed E-state index contributed by atoms with van der Waals surface area (Å²) < 4.78 is 0. The van der Waals surface area contributed by atoms with Crippen molar-refractivity contribution in [1.82, 2.24) is 0 Å². The molecule has 78 valence electrons. The number of hydrogen-bond acceptors (Lipinski definition) is 2. The molecule has 2 rings (SSSR count). The summed E-state index contributed by atoms with van der Waals surface area (Å²) in [6, 6.07) is 9.90. The van der Waals surface area contributed by atoms with Gasteiger partial charge in [0.05, 0.1) is 11.3 Å². The van der Waals surface area contributed by atoms with Crippen molar-refractivity contribution in [3.05, 3.63) is 29.8 Å². The van der Waals surface area contributed by atoms with Gasteiger partial charge >= 0.3 is 0 Å². The van der Waals surface area contributed by atoms with Crippen LogP contribution in [0.15, 0.2) is 24.3 Å². The summed E-state index contributed by atoms with van der Waals surface area (Å²) in [7, 11) is 0. The van der Waals surface area contributed by atoms with Crippen LogP contribution < -0.4 is 5.32 Å². The van der Waals surface area contributed by atoms with E-state index in [0.717, 1.165) is 17.2 Å². The summed E-state index contributed by atoms with van der Waals surface area (Å²) in [4.78, 5) is 0. The van der Waals surface area contributed by atoms with Gasteiger partial charge in [-0.15, -0.1) is 0 Å². The molecule has 0 radical (unpaired) electrons. The maximum absolute atomic E-state index is 8.98. The first-order chi connectivity index (χ1) is 7.13. The highest BCUT2D eigenvalue weighted by atomic mass is 15.0. The highest BCUT2D eigenvalue weighted by molar-refractivity contribution is 5.58. The van der Waals surface area contributed by atoms with Crippen molar-refractivity contribution in [2.45, 2.75) is 32.2 Å². The van der Waals surface area contributed by atoms with Crippen LogP contribution in [0.25, 0.3) is 0 Å². The van der Waals surface area contributed by atoms with E-state index in [0.29, 0.717) is 0 Å². The Kier molecular flexibility index (Phi) is 2.40. The van der Waals surface area contributed by atoms with Crippen LogP contribution in [0.3, 0.4) is 0 Å². The number of para-hydroxylation sites is 1.